The Kier molecular flexibility index (Phi) is 4.90. The van der Waals surface area contributed by atoms with Gasteiger partial charge in [0.15, 0.2) is 6.61 Å². The van der Waals surface area contributed by atoms with Crippen LogP contribution in [0.1, 0.15) is 27.4 Å². The number of nitrogens with one attached hydrogen (secondary N) is 1. The first kappa shape index (κ1) is 18.5. The molecule has 0 spiro atoms. The number of aromatic nitrogens is 1. The van der Waals surface area contributed by atoms with Gasteiger partial charge in [-0.1, -0.05) is 5.16 Å². The monoisotopic (exact) mass is 394 g/mol. The Balaban J connectivity index is 1.39. The van der Waals surface area contributed by atoms with E-state index in [0.29, 0.717) is 40.9 Å². The van der Waals surface area contributed by atoms with Crippen molar-refractivity contribution in [1.82, 2.24) is 5.16 Å². The number of nitrogens with zero attached hydrogens (tertiary/aromatic N) is 1. The highest BCUT2D eigenvalue weighted by atomic mass is 16.5. The summed E-state index contributed by atoms with van der Waals surface area (Å²) >= 11 is 0. The van der Waals surface area contributed by atoms with Crippen LogP contribution in [0.15, 0.2) is 47.0 Å². The van der Waals surface area contributed by atoms with Crippen molar-refractivity contribution in [2.24, 2.45) is 0 Å². The molecule has 0 radical (unpaired) electrons. The molecule has 1 amide bonds. The van der Waals surface area contributed by atoms with E-state index in [-0.39, 0.29) is 12.5 Å². The third-order valence-electron chi connectivity index (χ3n) is 4.45. The summed E-state index contributed by atoms with van der Waals surface area (Å²) in [5.41, 5.74) is 2.52. The zero-order valence-corrected chi connectivity index (χ0v) is 15.9. The van der Waals surface area contributed by atoms with Gasteiger partial charge in [-0.25, -0.2) is 4.79 Å². The average molecular weight is 394 g/mol. The van der Waals surface area contributed by atoms with Crippen LogP contribution in [-0.4, -0.2) is 23.6 Å². The molecule has 1 N–H and O–H groups in total. The molecular formula is C21H18N2O6. The standard InChI is InChI=1S/C21H18N2O6/c1-12-17(13(2)29-23-12)10-26-15-5-3-14(4-6-15)21(25)28-16-7-8-19-18(9-16)22-20(24)11-27-19/h3-9H,10-11H2,1-2H3,(H,22,24). The molecule has 2 aromatic carbocycles. The summed E-state index contributed by atoms with van der Waals surface area (Å²) in [4.78, 5) is 23.8. The predicted octanol–water partition coefficient (Wildman–Crippen LogP) is 3.42. The van der Waals surface area contributed by atoms with Crippen molar-refractivity contribution in [2.75, 3.05) is 11.9 Å². The molecule has 0 fully saturated rings. The summed E-state index contributed by atoms with van der Waals surface area (Å²) in [6.45, 7) is 3.98. The minimum absolute atomic E-state index is 0.0310. The first-order chi connectivity index (χ1) is 14.0. The van der Waals surface area contributed by atoms with Crippen LogP contribution in [0.3, 0.4) is 0 Å². The number of aryl methyl sites for hydroxylation is 2. The van der Waals surface area contributed by atoms with E-state index < -0.39 is 5.97 Å². The number of benzene rings is 2. The van der Waals surface area contributed by atoms with Gasteiger partial charge in [0.25, 0.3) is 5.91 Å². The molecule has 0 atom stereocenters. The van der Waals surface area contributed by atoms with E-state index in [1.165, 1.54) is 0 Å². The first-order valence-electron chi connectivity index (χ1n) is 8.93. The summed E-state index contributed by atoms with van der Waals surface area (Å²) < 4.78 is 21.5. The quantitative estimate of drug-likeness (QED) is 0.523. The Labute approximate surface area is 166 Å². The number of amides is 1. The van der Waals surface area contributed by atoms with Crippen LogP contribution >= 0.6 is 0 Å². The van der Waals surface area contributed by atoms with E-state index in [2.05, 4.69) is 10.5 Å². The lowest BCUT2D eigenvalue weighted by Crippen LogP contribution is -2.25. The molecule has 8 nitrogen and oxygen atoms in total. The van der Waals surface area contributed by atoms with Gasteiger partial charge in [-0.05, 0) is 50.2 Å². The molecule has 0 unspecified atom stereocenters. The molecule has 3 aromatic rings. The predicted molar refractivity (Wildman–Crippen MR) is 102 cm³/mol. The fourth-order valence-electron chi connectivity index (χ4n) is 2.84. The number of rotatable bonds is 5. The van der Waals surface area contributed by atoms with Crippen molar-refractivity contribution in [1.29, 1.82) is 0 Å². The molecule has 0 aliphatic carbocycles. The van der Waals surface area contributed by atoms with E-state index in [1.54, 1.807) is 42.5 Å². The summed E-state index contributed by atoms with van der Waals surface area (Å²) in [6, 6.07) is 11.4. The molecule has 29 heavy (non-hydrogen) atoms. The van der Waals surface area contributed by atoms with Crippen LogP contribution in [0.25, 0.3) is 0 Å². The molecule has 0 saturated carbocycles. The minimum Gasteiger partial charge on any atom is -0.489 e. The number of hydrogen-bond acceptors (Lipinski definition) is 7. The summed E-state index contributed by atoms with van der Waals surface area (Å²) in [7, 11) is 0. The second kappa shape index (κ2) is 7.67. The number of esters is 1. The first-order valence-corrected chi connectivity index (χ1v) is 8.93. The number of anilines is 1. The topological polar surface area (TPSA) is 99.9 Å². The highest BCUT2D eigenvalue weighted by molar-refractivity contribution is 5.96. The van der Waals surface area contributed by atoms with Crippen molar-refractivity contribution >= 4 is 17.6 Å². The van der Waals surface area contributed by atoms with Crippen molar-refractivity contribution in [3.63, 3.8) is 0 Å². The van der Waals surface area contributed by atoms with Gasteiger partial charge in [0.05, 0.1) is 22.5 Å². The largest absolute Gasteiger partial charge is 0.489 e. The molecule has 8 heteroatoms. The van der Waals surface area contributed by atoms with Gasteiger partial charge in [-0.2, -0.15) is 0 Å². The molecule has 2 heterocycles. The van der Waals surface area contributed by atoms with E-state index in [0.717, 1.165) is 11.3 Å². The molecule has 0 bridgehead atoms. The maximum absolute atomic E-state index is 12.4. The van der Waals surface area contributed by atoms with Gasteiger partial charge < -0.3 is 24.1 Å². The zero-order chi connectivity index (χ0) is 20.4. The third-order valence-corrected chi connectivity index (χ3v) is 4.45. The van der Waals surface area contributed by atoms with Crippen LogP contribution in [0.4, 0.5) is 5.69 Å². The van der Waals surface area contributed by atoms with Gasteiger partial charge in [0.2, 0.25) is 0 Å². The normalized spacial score (nSPS) is 12.6. The van der Waals surface area contributed by atoms with Crippen LogP contribution in [0.2, 0.25) is 0 Å². The second-order valence-electron chi connectivity index (χ2n) is 6.50. The Hall–Kier alpha value is -3.81. The summed E-state index contributed by atoms with van der Waals surface area (Å²) in [6.07, 6.45) is 0. The van der Waals surface area contributed by atoms with Gasteiger partial charge in [-0.3, -0.25) is 4.79 Å². The lowest BCUT2D eigenvalue weighted by molar-refractivity contribution is -0.118. The maximum atomic E-state index is 12.4. The molecule has 1 aliphatic heterocycles. The fraction of sp³-hybridized carbons (Fsp3) is 0.190. The SMILES string of the molecule is Cc1noc(C)c1COc1ccc(C(=O)Oc2ccc3c(c2)NC(=O)CO3)cc1. The van der Waals surface area contributed by atoms with Gasteiger partial charge in [0.1, 0.15) is 29.6 Å². The van der Waals surface area contributed by atoms with Crippen molar-refractivity contribution in [2.45, 2.75) is 20.5 Å². The van der Waals surface area contributed by atoms with E-state index in [9.17, 15) is 9.59 Å². The van der Waals surface area contributed by atoms with Gasteiger partial charge >= 0.3 is 5.97 Å². The number of carbonyl (C=O) groups is 2. The fourth-order valence-corrected chi connectivity index (χ4v) is 2.84. The summed E-state index contributed by atoms with van der Waals surface area (Å²) in [5, 5.41) is 6.56. The van der Waals surface area contributed by atoms with E-state index >= 15 is 0 Å². The number of fused-ring (bicyclic) bond motifs is 1. The molecular weight excluding hydrogens is 376 g/mol. The van der Waals surface area contributed by atoms with Crippen LogP contribution in [0, 0.1) is 13.8 Å². The Bertz CT molecular complexity index is 1050. The molecule has 4 rings (SSSR count). The minimum atomic E-state index is -0.523. The Morgan fingerprint density at radius 2 is 1.90 bits per heavy atom. The number of ether oxygens (including phenoxy) is 3. The molecule has 1 aliphatic rings. The van der Waals surface area contributed by atoms with E-state index in [4.69, 9.17) is 18.7 Å². The highest BCUT2D eigenvalue weighted by Crippen LogP contribution is 2.31. The molecule has 1 aromatic heterocycles. The van der Waals surface area contributed by atoms with Crippen LogP contribution in [-0.2, 0) is 11.4 Å². The molecule has 148 valence electrons. The van der Waals surface area contributed by atoms with Gasteiger partial charge in [0, 0.05) is 6.07 Å². The number of carbonyl (C=O) groups excluding carboxylic acids is 2. The third kappa shape index (κ3) is 4.06. The smallest absolute Gasteiger partial charge is 0.343 e. The molecule has 0 saturated heterocycles. The van der Waals surface area contributed by atoms with Crippen molar-refractivity contribution < 1.29 is 28.3 Å². The highest BCUT2D eigenvalue weighted by Gasteiger charge is 2.18. The zero-order valence-electron chi connectivity index (χ0n) is 15.9. The van der Waals surface area contributed by atoms with Gasteiger partial charge in [-0.15, -0.1) is 0 Å². The second-order valence-corrected chi connectivity index (χ2v) is 6.50. The van der Waals surface area contributed by atoms with E-state index in [1.807, 2.05) is 13.8 Å². The Morgan fingerprint density at radius 3 is 2.62 bits per heavy atom. The van der Waals surface area contributed by atoms with Crippen LogP contribution < -0.4 is 19.5 Å². The number of hydrogen-bond donors (Lipinski definition) is 1. The Morgan fingerprint density at radius 1 is 1.14 bits per heavy atom. The van der Waals surface area contributed by atoms with Crippen molar-refractivity contribution in [3.05, 3.63) is 65.0 Å². The van der Waals surface area contributed by atoms with Crippen molar-refractivity contribution in [3.8, 4) is 17.2 Å². The lowest BCUT2D eigenvalue weighted by atomic mass is 10.2. The lowest BCUT2D eigenvalue weighted by Gasteiger charge is -2.18. The average Bonchev–Trinajstić information content (AvgIpc) is 3.04. The summed E-state index contributed by atoms with van der Waals surface area (Å²) in [5.74, 6) is 1.38. The maximum Gasteiger partial charge on any atom is 0.343 e. The van der Waals surface area contributed by atoms with Crippen LogP contribution in [0.5, 0.6) is 17.2 Å².